The first-order chi connectivity index (χ1) is 14.6. The van der Waals surface area contributed by atoms with Gasteiger partial charge in [0, 0.05) is 46.8 Å². The molecule has 156 valence electrons. The van der Waals surface area contributed by atoms with Crippen molar-refractivity contribution in [3.63, 3.8) is 0 Å². The van der Waals surface area contributed by atoms with Crippen LogP contribution in [0, 0.1) is 0 Å². The molecule has 2 fully saturated rings. The first-order valence-corrected chi connectivity index (χ1v) is 10.4. The largest absolute Gasteiger partial charge is 0.340 e. The SMILES string of the molecule is CN1C(=O)C2C(N=C(N3CCNCC3)N2Cc2cccc3ccccc23)N(C)C1=O. The van der Waals surface area contributed by atoms with E-state index in [4.69, 9.17) is 4.99 Å². The summed E-state index contributed by atoms with van der Waals surface area (Å²) in [5.74, 6) is 0.611. The number of guanidine groups is 1. The fourth-order valence-electron chi connectivity index (χ4n) is 4.66. The fourth-order valence-corrected chi connectivity index (χ4v) is 4.66. The van der Waals surface area contributed by atoms with Crippen molar-refractivity contribution in [3.8, 4) is 0 Å². The van der Waals surface area contributed by atoms with E-state index in [1.807, 2.05) is 12.1 Å². The molecule has 0 radical (unpaired) electrons. The van der Waals surface area contributed by atoms with Crippen LogP contribution in [0.4, 0.5) is 4.79 Å². The summed E-state index contributed by atoms with van der Waals surface area (Å²) in [6.45, 7) is 3.96. The maximum Gasteiger partial charge on any atom is 0.328 e. The first kappa shape index (κ1) is 18.9. The quantitative estimate of drug-likeness (QED) is 0.810. The zero-order valence-corrected chi connectivity index (χ0v) is 17.3. The molecule has 2 aromatic carbocycles. The number of carbonyl (C=O) groups excluding carboxylic acids is 2. The molecule has 0 spiro atoms. The van der Waals surface area contributed by atoms with Gasteiger partial charge in [0.05, 0.1) is 0 Å². The molecule has 2 atom stereocenters. The van der Waals surface area contributed by atoms with Crippen molar-refractivity contribution >= 4 is 28.7 Å². The highest BCUT2D eigenvalue weighted by molar-refractivity contribution is 6.03. The lowest BCUT2D eigenvalue weighted by Crippen LogP contribution is -2.64. The normalized spacial score (nSPS) is 24.5. The van der Waals surface area contributed by atoms with E-state index < -0.39 is 12.2 Å². The third kappa shape index (κ3) is 2.90. The van der Waals surface area contributed by atoms with E-state index >= 15 is 0 Å². The van der Waals surface area contributed by atoms with Crippen molar-refractivity contribution in [1.82, 2.24) is 24.9 Å². The molecule has 3 heterocycles. The highest BCUT2D eigenvalue weighted by Crippen LogP contribution is 2.31. The van der Waals surface area contributed by atoms with Gasteiger partial charge in [-0.15, -0.1) is 0 Å². The Kier molecular flexibility index (Phi) is 4.58. The Balaban J connectivity index is 1.56. The van der Waals surface area contributed by atoms with E-state index in [2.05, 4.69) is 45.4 Å². The molecule has 0 bridgehead atoms. The molecule has 2 saturated heterocycles. The number of fused-ring (bicyclic) bond motifs is 2. The number of likely N-dealkylation sites (N-methyl/N-ethyl adjacent to an activating group) is 2. The molecule has 0 saturated carbocycles. The van der Waals surface area contributed by atoms with Crippen LogP contribution >= 0.6 is 0 Å². The summed E-state index contributed by atoms with van der Waals surface area (Å²) < 4.78 is 0. The predicted molar refractivity (Wildman–Crippen MR) is 115 cm³/mol. The Hall–Kier alpha value is -3.13. The second kappa shape index (κ2) is 7.28. The summed E-state index contributed by atoms with van der Waals surface area (Å²) >= 11 is 0. The van der Waals surface area contributed by atoms with Gasteiger partial charge in [-0.1, -0.05) is 42.5 Å². The van der Waals surface area contributed by atoms with Crippen molar-refractivity contribution in [2.75, 3.05) is 40.3 Å². The minimum absolute atomic E-state index is 0.197. The number of nitrogens with zero attached hydrogens (tertiary/aromatic N) is 5. The van der Waals surface area contributed by atoms with Gasteiger partial charge in [0.15, 0.2) is 18.2 Å². The molecule has 0 aliphatic carbocycles. The summed E-state index contributed by atoms with van der Waals surface area (Å²) in [5, 5.41) is 5.71. The monoisotopic (exact) mass is 406 g/mol. The van der Waals surface area contributed by atoms with Crippen LogP contribution in [-0.4, -0.2) is 90.0 Å². The molecule has 5 rings (SSSR count). The zero-order chi connectivity index (χ0) is 20.8. The van der Waals surface area contributed by atoms with E-state index in [1.54, 1.807) is 19.0 Å². The van der Waals surface area contributed by atoms with Gasteiger partial charge in [0.2, 0.25) is 0 Å². The third-order valence-corrected chi connectivity index (χ3v) is 6.31. The van der Waals surface area contributed by atoms with E-state index in [0.29, 0.717) is 6.54 Å². The lowest BCUT2D eigenvalue weighted by atomic mass is 10.0. The zero-order valence-electron chi connectivity index (χ0n) is 17.3. The van der Waals surface area contributed by atoms with Crippen molar-refractivity contribution in [3.05, 3.63) is 48.0 Å². The van der Waals surface area contributed by atoms with Crippen molar-refractivity contribution in [2.24, 2.45) is 4.99 Å². The number of amides is 3. The Bertz CT molecular complexity index is 1030. The summed E-state index contributed by atoms with van der Waals surface area (Å²) in [6.07, 6.45) is -0.499. The lowest BCUT2D eigenvalue weighted by molar-refractivity contribution is -0.136. The van der Waals surface area contributed by atoms with Crippen LogP contribution in [0.25, 0.3) is 10.8 Å². The van der Waals surface area contributed by atoms with Crippen molar-refractivity contribution < 1.29 is 9.59 Å². The summed E-state index contributed by atoms with van der Waals surface area (Å²) in [4.78, 5) is 37.7. The molecule has 8 heteroatoms. The van der Waals surface area contributed by atoms with Gasteiger partial charge in [0.1, 0.15) is 0 Å². The van der Waals surface area contributed by atoms with Gasteiger partial charge in [0.25, 0.3) is 5.91 Å². The van der Waals surface area contributed by atoms with Crippen molar-refractivity contribution in [2.45, 2.75) is 18.8 Å². The molecular formula is C22H26N6O2. The Morgan fingerprint density at radius 1 is 1.03 bits per heavy atom. The van der Waals surface area contributed by atoms with Crippen LogP contribution in [0.15, 0.2) is 47.5 Å². The second-order valence-corrected chi connectivity index (χ2v) is 8.08. The number of hydrogen-bond donors (Lipinski definition) is 1. The first-order valence-electron chi connectivity index (χ1n) is 10.4. The van der Waals surface area contributed by atoms with E-state index in [9.17, 15) is 9.59 Å². The standard InChI is InChI=1S/C22H26N6O2/c1-25-19-18(20(29)26(2)22(25)30)28(21(24-19)27-12-10-23-11-13-27)14-16-8-5-7-15-6-3-4-9-17(15)16/h3-9,18-19,23H,10-14H2,1-2H3. The van der Waals surface area contributed by atoms with Crippen LogP contribution in [0.2, 0.25) is 0 Å². The number of urea groups is 1. The fraction of sp³-hybridized carbons (Fsp3) is 0.409. The Labute approximate surface area is 175 Å². The van der Waals surface area contributed by atoms with Crippen LogP contribution in [0.3, 0.4) is 0 Å². The summed E-state index contributed by atoms with van der Waals surface area (Å²) in [6, 6.07) is 13.7. The maximum atomic E-state index is 13.2. The van der Waals surface area contributed by atoms with Crippen LogP contribution < -0.4 is 5.32 Å². The Morgan fingerprint density at radius 2 is 1.77 bits per heavy atom. The van der Waals surface area contributed by atoms with Gasteiger partial charge in [-0.05, 0) is 16.3 Å². The molecular weight excluding hydrogens is 380 g/mol. The van der Waals surface area contributed by atoms with Crippen molar-refractivity contribution in [1.29, 1.82) is 0 Å². The third-order valence-electron chi connectivity index (χ3n) is 6.31. The van der Waals surface area contributed by atoms with E-state index in [1.165, 1.54) is 15.7 Å². The number of imide groups is 1. The number of aliphatic imine (C=N–C) groups is 1. The van der Waals surface area contributed by atoms with Gasteiger partial charge >= 0.3 is 6.03 Å². The topological polar surface area (TPSA) is 71.5 Å². The smallest absolute Gasteiger partial charge is 0.328 e. The van der Waals surface area contributed by atoms with Gasteiger partial charge in [-0.3, -0.25) is 9.69 Å². The predicted octanol–water partition coefficient (Wildman–Crippen LogP) is 1.14. The minimum atomic E-state index is -0.512. The number of carbonyl (C=O) groups is 2. The molecule has 8 nitrogen and oxygen atoms in total. The lowest BCUT2D eigenvalue weighted by Gasteiger charge is -2.41. The molecule has 1 N–H and O–H groups in total. The molecule has 3 amide bonds. The molecule has 0 aromatic heterocycles. The van der Waals surface area contributed by atoms with Gasteiger partial charge < -0.3 is 20.0 Å². The minimum Gasteiger partial charge on any atom is -0.340 e. The van der Waals surface area contributed by atoms with Crippen LogP contribution in [0.5, 0.6) is 0 Å². The maximum absolute atomic E-state index is 13.2. The van der Waals surface area contributed by atoms with E-state index in [-0.39, 0.29) is 11.9 Å². The number of rotatable bonds is 2. The van der Waals surface area contributed by atoms with Gasteiger partial charge in [-0.2, -0.15) is 0 Å². The van der Waals surface area contributed by atoms with Gasteiger partial charge in [-0.25, -0.2) is 9.79 Å². The number of hydrogen-bond acceptors (Lipinski definition) is 6. The summed E-state index contributed by atoms with van der Waals surface area (Å²) in [7, 11) is 3.28. The second-order valence-electron chi connectivity index (χ2n) is 8.08. The number of nitrogens with one attached hydrogen (secondary N) is 1. The number of piperazine rings is 1. The highest BCUT2D eigenvalue weighted by Gasteiger charge is 2.52. The van der Waals surface area contributed by atoms with Crippen LogP contribution in [0.1, 0.15) is 5.56 Å². The molecule has 2 unspecified atom stereocenters. The highest BCUT2D eigenvalue weighted by atomic mass is 16.2. The Morgan fingerprint density at radius 3 is 2.57 bits per heavy atom. The van der Waals surface area contributed by atoms with E-state index in [0.717, 1.165) is 37.7 Å². The average molecular weight is 406 g/mol. The average Bonchev–Trinajstić information content (AvgIpc) is 3.16. The molecule has 30 heavy (non-hydrogen) atoms. The molecule has 2 aromatic rings. The number of benzene rings is 2. The van der Waals surface area contributed by atoms with Crippen LogP contribution in [-0.2, 0) is 11.3 Å². The molecule has 3 aliphatic rings. The molecule has 3 aliphatic heterocycles. The summed E-state index contributed by atoms with van der Waals surface area (Å²) in [5.41, 5.74) is 1.14.